The zero-order chi connectivity index (χ0) is 21.8. The van der Waals surface area contributed by atoms with Crippen molar-refractivity contribution in [1.82, 2.24) is 20.2 Å². The Morgan fingerprint density at radius 3 is 2.80 bits per heavy atom. The second-order valence-corrected chi connectivity index (χ2v) is 7.00. The second-order valence-electron chi connectivity index (χ2n) is 6.59. The fourth-order valence-electron chi connectivity index (χ4n) is 3.33. The summed E-state index contributed by atoms with van der Waals surface area (Å²) in [6.45, 7) is 0.285. The van der Waals surface area contributed by atoms with E-state index in [1.165, 1.54) is 36.5 Å². The van der Waals surface area contributed by atoms with Crippen molar-refractivity contribution >= 4 is 29.6 Å². The Labute approximate surface area is 176 Å². The molecule has 9 nitrogen and oxygen atoms in total. The van der Waals surface area contributed by atoms with Crippen molar-refractivity contribution in [2.45, 2.75) is 24.9 Å². The molecular formula is C19H20ClFN4O5. The molecule has 30 heavy (non-hydrogen) atoms. The molecule has 1 aliphatic heterocycles. The summed E-state index contributed by atoms with van der Waals surface area (Å²) < 4.78 is 22.9. The molecule has 0 aliphatic carbocycles. The van der Waals surface area contributed by atoms with Crippen LogP contribution >= 0.6 is 11.6 Å². The van der Waals surface area contributed by atoms with Crippen LogP contribution in [0.15, 0.2) is 24.5 Å². The average Bonchev–Trinajstić information content (AvgIpc) is 3.22. The number of methoxy groups -OCH3 is 2. The fourth-order valence-corrected chi connectivity index (χ4v) is 3.52. The first-order valence-electron chi connectivity index (χ1n) is 9.04. The van der Waals surface area contributed by atoms with Crippen molar-refractivity contribution in [3.8, 4) is 0 Å². The van der Waals surface area contributed by atoms with Crippen LogP contribution in [0.4, 0.5) is 9.18 Å². The zero-order valence-corrected chi connectivity index (χ0v) is 17.0. The third kappa shape index (κ3) is 4.38. The normalized spacial score (nSPS) is 16.4. The van der Waals surface area contributed by atoms with Crippen molar-refractivity contribution in [3.63, 3.8) is 0 Å². The maximum absolute atomic E-state index is 13.7. The Morgan fingerprint density at radius 1 is 1.37 bits per heavy atom. The van der Waals surface area contributed by atoms with Crippen LogP contribution in [-0.4, -0.2) is 59.6 Å². The zero-order valence-electron chi connectivity index (χ0n) is 16.3. The van der Waals surface area contributed by atoms with Gasteiger partial charge in [0.15, 0.2) is 0 Å². The SMILES string of the molecule is COC(=O)C[C@H](NC(=O)N1CCc2[nH]cnc2[C@@H]1c1ccc(F)c(Cl)c1)C(=O)OC. The lowest BCUT2D eigenvalue weighted by Gasteiger charge is -2.36. The van der Waals surface area contributed by atoms with Gasteiger partial charge < -0.3 is 24.7 Å². The number of fused-ring (bicyclic) bond motifs is 1. The molecule has 1 aliphatic rings. The average molecular weight is 439 g/mol. The number of halogens is 2. The number of rotatable bonds is 5. The summed E-state index contributed by atoms with van der Waals surface area (Å²) in [5.41, 5.74) is 1.97. The number of benzene rings is 1. The molecule has 3 rings (SSSR count). The summed E-state index contributed by atoms with van der Waals surface area (Å²) >= 11 is 5.94. The Hall–Kier alpha value is -3.14. The number of hydrogen-bond acceptors (Lipinski definition) is 6. The third-order valence-corrected chi connectivity index (χ3v) is 5.12. The number of amides is 2. The third-order valence-electron chi connectivity index (χ3n) is 4.83. The number of H-pyrrole nitrogens is 1. The molecular weight excluding hydrogens is 419 g/mol. The highest BCUT2D eigenvalue weighted by Crippen LogP contribution is 2.35. The molecule has 2 atom stereocenters. The van der Waals surface area contributed by atoms with E-state index in [0.717, 1.165) is 12.8 Å². The van der Waals surface area contributed by atoms with E-state index >= 15 is 0 Å². The smallest absolute Gasteiger partial charge is 0.329 e. The standard InChI is InChI=1S/C19H20ClFN4O5/c1-29-15(26)8-14(18(27)30-2)24-19(28)25-6-5-13-16(23-9-22-13)17(25)10-3-4-12(21)11(20)7-10/h3-4,7,9,14,17H,5-6,8H2,1-2H3,(H,22,23)(H,24,28)/t14-,17-/m0/s1. The lowest BCUT2D eigenvalue weighted by atomic mass is 9.96. The number of urea groups is 1. The summed E-state index contributed by atoms with van der Waals surface area (Å²) in [5.74, 6) is -2.05. The molecule has 0 saturated carbocycles. The summed E-state index contributed by atoms with van der Waals surface area (Å²) in [6.07, 6.45) is 1.62. The molecule has 0 saturated heterocycles. The van der Waals surface area contributed by atoms with Gasteiger partial charge in [0, 0.05) is 18.7 Å². The van der Waals surface area contributed by atoms with Crippen molar-refractivity contribution in [2.75, 3.05) is 20.8 Å². The minimum atomic E-state index is -1.23. The van der Waals surface area contributed by atoms with Gasteiger partial charge in [-0.3, -0.25) is 4.79 Å². The van der Waals surface area contributed by atoms with Gasteiger partial charge in [-0.2, -0.15) is 0 Å². The Kier molecular flexibility index (Phi) is 6.56. The van der Waals surface area contributed by atoms with Gasteiger partial charge in [0.2, 0.25) is 0 Å². The minimum absolute atomic E-state index is 0.0892. The van der Waals surface area contributed by atoms with Gasteiger partial charge in [-0.1, -0.05) is 17.7 Å². The molecule has 2 amide bonds. The number of hydrogen-bond donors (Lipinski definition) is 2. The maximum atomic E-state index is 13.7. The molecule has 0 unspecified atom stereocenters. The number of carbonyl (C=O) groups is 3. The molecule has 0 bridgehead atoms. The first-order chi connectivity index (χ1) is 14.3. The van der Waals surface area contributed by atoms with Crippen molar-refractivity contribution in [3.05, 3.63) is 52.3 Å². The van der Waals surface area contributed by atoms with Gasteiger partial charge in [-0.05, 0) is 17.7 Å². The molecule has 0 spiro atoms. The van der Waals surface area contributed by atoms with E-state index in [-0.39, 0.29) is 18.0 Å². The van der Waals surface area contributed by atoms with Crippen LogP contribution in [0.2, 0.25) is 5.02 Å². The van der Waals surface area contributed by atoms with E-state index in [9.17, 15) is 18.8 Å². The van der Waals surface area contributed by atoms with Crippen LogP contribution in [0, 0.1) is 5.82 Å². The highest BCUT2D eigenvalue weighted by atomic mass is 35.5. The van der Waals surface area contributed by atoms with E-state index in [2.05, 4.69) is 24.8 Å². The van der Waals surface area contributed by atoms with Crippen LogP contribution in [0.5, 0.6) is 0 Å². The predicted octanol–water partition coefficient (Wildman–Crippen LogP) is 1.96. The van der Waals surface area contributed by atoms with Crippen LogP contribution in [0.3, 0.4) is 0 Å². The highest BCUT2D eigenvalue weighted by molar-refractivity contribution is 6.30. The molecule has 0 fully saturated rings. The van der Waals surface area contributed by atoms with E-state index in [0.29, 0.717) is 17.7 Å². The number of ether oxygens (including phenoxy) is 2. The van der Waals surface area contributed by atoms with Gasteiger partial charge in [-0.15, -0.1) is 0 Å². The van der Waals surface area contributed by atoms with E-state index in [4.69, 9.17) is 11.6 Å². The molecule has 2 aromatic rings. The van der Waals surface area contributed by atoms with Gasteiger partial charge in [0.25, 0.3) is 0 Å². The minimum Gasteiger partial charge on any atom is -0.469 e. The van der Waals surface area contributed by atoms with Gasteiger partial charge in [0.1, 0.15) is 17.9 Å². The Balaban J connectivity index is 1.91. The van der Waals surface area contributed by atoms with Crippen LogP contribution in [0.25, 0.3) is 0 Å². The molecule has 1 aromatic carbocycles. The number of esters is 2. The first-order valence-corrected chi connectivity index (χ1v) is 9.42. The Bertz CT molecular complexity index is 966. The van der Waals surface area contributed by atoms with Crippen LogP contribution in [-0.2, 0) is 25.5 Å². The number of carbonyl (C=O) groups excluding carboxylic acids is 3. The largest absolute Gasteiger partial charge is 0.469 e. The number of imidazole rings is 1. The topological polar surface area (TPSA) is 114 Å². The quantitative estimate of drug-likeness (QED) is 0.690. The van der Waals surface area contributed by atoms with Crippen LogP contribution in [0.1, 0.15) is 29.4 Å². The van der Waals surface area contributed by atoms with Gasteiger partial charge in [-0.25, -0.2) is 19.0 Å². The lowest BCUT2D eigenvalue weighted by molar-refractivity contribution is -0.149. The Morgan fingerprint density at radius 2 is 2.13 bits per heavy atom. The summed E-state index contributed by atoms with van der Waals surface area (Å²) in [5, 5.41) is 2.43. The molecule has 1 aromatic heterocycles. The monoisotopic (exact) mass is 438 g/mol. The lowest BCUT2D eigenvalue weighted by Crippen LogP contribution is -2.52. The second kappa shape index (κ2) is 9.12. The number of aromatic nitrogens is 2. The van der Waals surface area contributed by atoms with Gasteiger partial charge in [0.05, 0.1) is 37.7 Å². The molecule has 0 radical (unpaired) electrons. The van der Waals surface area contributed by atoms with Crippen molar-refractivity contribution in [2.24, 2.45) is 0 Å². The van der Waals surface area contributed by atoms with Crippen LogP contribution < -0.4 is 5.32 Å². The molecule has 2 N–H and O–H groups in total. The molecule has 11 heteroatoms. The summed E-state index contributed by atoms with van der Waals surface area (Å²) in [7, 11) is 2.33. The molecule has 2 heterocycles. The predicted molar refractivity (Wildman–Crippen MR) is 103 cm³/mol. The fraction of sp³-hybridized carbons (Fsp3) is 0.368. The van der Waals surface area contributed by atoms with Crippen molar-refractivity contribution < 1.29 is 28.2 Å². The number of nitrogens with zero attached hydrogens (tertiary/aromatic N) is 2. The number of nitrogens with one attached hydrogen (secondary N) is 2. The maximum Gasteiger partial charge on any atom is 0.329 e. The summed E-state index contributed by atoms with van der Waals surface area (Å²) in [4.78, 5) is 45.5. The summed E-state index contributed by atoms with van der Waals surface area (Å²) in [6, 6.07) is 1.64. The van der Waals surface area contributed by atoms with Crippen molar-refractivity contribution in [1.29, 1.82) is 0 Å². The van der Waals surface area contributed by atoms with Gasteiger partial charge >= 0.3 is 18.0 Å². The van der Waals surface area contributed by atoms with E-state index in [1.54, 1.807) is 0 Å². The highest BCUT2D eigenvalue weighted by Gasteiger charge is 2.36. The van der Waals surface area contributed by atoms with E-state index < -0.39 is 35.9 Å². The molecule has 160 valence electrons. The van der Waals surface area contributed by atoms with E-state index in [1.807, 2.05) is 0 Å². The number of aromatic amines is 1. The first kappa shape index (κ1) is 21.6.